The normalized spacial score (nSPS) is 12.5. The van der Waals surface area contributed by atoms with Gasteiger partial charge in [-0.05, 0) is 24.9 Å². The Balaban J connectivity index is 1.84. The zero-order chi connectivity index (χ0) is 14.2. The maximum absolute atomic E-state index is 8.97. The highest BCUT2D eigenvalue weighted by Crippen LogP contribution is 2.16. The largest absolute Gasteiger partial charge is 0.396 e. The molecule has 1 unspecified atom stereocenters. The molecule has 0 amide bonds. The van der Waals surface area contributed by atoms with E-state index in [1.165, 1.54) is 0 Å². The van der Waals surface area contributed by atoms with Gasteiger partial charge in [-0.2, -0.15) is 5.10 Å². The summed E-state index contributed by atoms with van der Waals surface area (Å²) < 4.78 is 0. The van der Waals surface area contributed by atoms with Crippen molar-refractivity contribution in [2.24, 2.45) is 5.92 Å². The number of nitrogens with one attached hydrogen (secondary N) is 2. The van der Waals surface area contributed by atoms with Crippen molar-refractivity contribution in [1.29, 1.82) is 0 Å². The molecular formula is C16H23N3O. The summed E-state index contributed by atoms with van der Waals surface area (Å²) in [5, 5.41) is 19.8. The van der Waals surface area contributed by atoms with Gasteiger partial charge < -0.3 is 10.4 Å². The molecule has 0 aliphatic rings. The zero-order valence-electron chi connectivity index (χ0n) is 12.0. The Labute approximate surface area is 120 Å². The average Bonchev–Trinajstić information content (AvgIpc) is 2.96. The van der Waals surface area contributed by atoms with Crippen LogP contribution in [0.15, 0.2) is 36.4 Å². The maximum Gasteiger partial charge on any atom is 0.0924 e. The molecule has 0 saturated heterocycles. The Morgan fingerprint density at radius 3 is 2.80 bits per heavy atom. The molecule has 0 radical (unpaired) electrons. The van der Waals surface area contributed by atoms with Crippen LogP contribution in [-0.4, -0.2) is 28.5 Å². The molecule has 1 aromatic heterocycles. The van der Waals surface area contributed by atoms with E-state index in [0.29, 0.717) is 5.92 Å². The molecule has 0 aliphatic heterocycles. The van der Waals surface area contributed by atoms with E-state index >= 15 is 0 Å². The van der Waals surface area contributed by atoms with Crippen molar-refractivity contribution in [2.45, 2.75) is 26.3 Å². The summed E-state index contributed by atoms with van der Waals surface area (Å²) in [6.45, 7) is 4.13. The predicted molar refractivity (Wildman–Crippen MR) is 81.2 cm³/mol. The van der Waals surface area contributed by atoms with Crippen molar-refractivity contribution in [2.75, 3.05) is 13.2 Å². The highest BCUT2D eigenvalue weighted by Gasteiger charge is 2.06. The molecule has 4 nitrogen and oxygen atoms in total. The first kappa shape index (κ1) is 14.8. The third-order valence-corrected chi connectivity index (χ3v) is 3.56. The van der Waals surface area contributed by atoms with Gasteiger partial charge in [-0.1, -0.05) is 43.7 Å². The topological polar surface area (TPSA) is 60.9 Å². The molecule has 1 aromatic carbocycles. The van der Waals surface area contributed by atoms with Gasteiger partial charge in [-0.15, -0.1) is 0 Å². The van der Waals surface area contributed by atoms with E-state index < -0.39 is 0 Å². The number of nitrogens with zero attached hydrogens (tertiary/aromatic N) is 1. The van der Waals surface area contributed by atoms with Gasteiger partial charge in [0.2, 0.25) is 0 Å². The van der Waals surface area contributed by atoms with Crippen LogP contribution in [0.2, 0.25) is 0 Å². The van der Waals surface area contributed by atoms with Crippen LogP contribution in [0.25, 0.3) is 11.3 Å². The van der Waals surface area contributed by atoms with Gasteiger partial charge in [0.1, 0.15) is 0 Å². The van der Waals surface area contributed by atoms with E-state index in [-0.39, 0.29) is 6.61 Å². The highest BCUT2D eigenvalue weighted by molar-refractivity contribution is 5.58. The lowest BCUT2D eigenvalue weighted by Crippen LogP contribution is -2.23. The van der Waals surface area contributed by atoms with Crippen molar-refractivity contribution in [3.05, 3.63) is 42.1 Å². The summed E-state index contributed by atoms with van der Waals surface area (Å²) in [4.78, 5) is 0. The first-order chi connectivity index (χ1) is 9.83. The van der Waals surface area contributed by atoms with Crippen LogP contribution in [0.3, 0.4) is 0 Å². The van der Waals surface area contributed by atoms with E-state index in [9.17, 15) is 0 Å². The summed E-state index contributed by atoms with van der Waals surface area (Å²) in [5.41, 5.74) is 3.19. The fourth-order valence-corrected chi connectivity index (χ4v) is 2.25. The van der Waals surface area contributed by atoms with Crippen LogP contribution in [0, 0.1) is 5.92 Å². The lowest BCUT2D eigenvalue weighted by Gasteiger charge is -2.13. The van der Waals surface area contributed by atoms with Gasteiger partial charge in [0.15, 0.2) is 0 Å². The number of hydrogen-bond acceptors (Lipinski definition) is 3. The van der Waals surface area contributed by atoms with Gasteiger partial charge in [0, 0.05) is 24.4 Å². The van der Waals surface area contributed by atoms with Gasteiger partial charge in [-0.3, -0.25) is 5.10 Å². The Morgan fingerprint density at radius 1 is 1.30 bits per heavy atom. The van der Waals surface area contributed by atoms with E-state index in [0.717, 1.165) is 42.9 Å². The second-order valence-electron chi connectivity index (χ2n) is 5.06. The predicted octanol–water partition coefficient (Wildman–Crippen LogP) is 2.57. The number of aliphatic hydroxyl groups is 1. The molecule has 0 saturated carbocycles. The smallest absolute Gasteiger partial charge is 0.0924 e. The van der Waals surface area contributed by atoms with Gasteiger partial charge in [0.25, 0.3) is 0 Å². The molecule has 0 fully saturated rings. The van der Waals surface area contributed by atoms with Crippen molar-refractivity contribution in [3.63, 3.8) is 0 Å². The Kier molecular flexibility index (Phi) is 5.77. The summed E-state index contributed by atoms with van der Waals surface area (Å²) in [7, 11) is 0. The Hall–Kier alpha value is -1.65. The molecule has 0 bridgehead atoms. The van der Waals surface area contributed by atoms with E-state index in [4.69, 9.17) is 5.11 Å². The average molecular weight is 273 g/mol. The number of H-pyrrole nitrogens is 1. The molecule has 0 aliphatic carbocycles. The molecule has 0 spiro atoms. The number of benzene rings is 1. The molecule has 20 heavy (non-hydrogen) atoms. The minimum atomic E-state index is 0.266. The fourth-order valence-electron chi connectivity index (χ4n) is 2.25. The number of aromatic nitrogens is 2. The minimum Gasteiger partial charge on any atom is -0.396 e. The lowest BCUT2D eigenvalue weighted by atomic mass is 10.0. The number of rotatable bonds is 8. The molecule has 1 heterocycles. The Morgan fingerprint density at radius 2 is 2.10 bits per heavy atom. The summed E-state index contributed by atoms with van der Waals surface area (Å²) in [6, 6.07) is 12.2. The minimum absolute atomic E-state index is 0.266. The summed E-state index contributed by atoms with van der Waals surface area (Å²) in [5.74, 6) is 0.538. The Bertz CT molecular complexity index is 495. The van der Waals surface area contributed by atoms with E-state index in [1.807, 2.05) is 18.2 Å². The third-order valence-electron chi connectivity index (χ3n) is 3.56. The molecule has 2 aromatic rings. The molecule has 2 rings (SSSR count). The lowest BCUT2D eigenvalue weighted by molar-refractivity contribution is 0.251. The number of hydrogen-bond donors (Lipinski definition) is 3. The molecular weight excluding hydrogens is 250 g/mol. The van der Waals surface area contributed by atoms with Gasteiger partial charge >= 0.3 is 0 Å². The molecule has 3 N–H and O–H groups in total. The first-order valence-electron chi connectivity index (χ1n) is 7.24. The van der Waals surface area contributed by atoms with Crippen molar-refractivity contribution in [3.8, 4) is 11.3 Å². The van der Waals surface area contributed by atoms with Gasteiger partial charge in [0.05, 0.1) is 5.69 Å². The zero-order valence-corrected chi connectivity index (χ0v) is 12.0. The third kappa shape index (κ3) is 4.18. The number of aliphatic hydroxyl groups excluding tert-OH is 1. The highest BCUT2D eigenvalue weighted by atomic mass is 16.3. The second-order valence-corrected chi connectivity index (χ2v) is 5.06. The fraction of sp³-hybridized carbons (Fsp3) is 0.438. The van der Waals surface area contributed by atoms with Crippen molar-refractivity contribution in [1.82, 2.24) is 15.5 Å². The van der Waals surface area contributed by atoms with E-state index in [2.05, 4.69) is 40.6 Å². The quantitative estimate of drug-likeness (QED) is 0.693. The van der Waals surface area contributed by atoms with Gasteiger partial charge in [-0.25, -0.2) is 0 Å². The summed E-state index contributed by atoms with van der Waals surface area (Å²) >= 11 is 0. The maximum atomic E-state index is 8.97. The van der Waals surface area contributed by atoms with E-state index in [1.54, 1.807) is 0 Å². The molecule has 4 heteroatoms. The number of aromatic amines is 1. The van der Waals surface area contributed by atoms with Crippen LogP contribution in [0.4, 0.5) is 0 Å². The molecule has 1 atom stereocenters. The summed E-state index contributed by atoms with van der Waals surface area (Å²) in [6.07, 6.45) is 1.95. The first-order valence-corrected chi connectivity index (χ1v) is 7.24. The standard InChI is InChI=1S/C16H23N3O/c1-2-13(8-9-20)11-17-12-15-10-16(19-18-15)14-6-4-3-5-7-14/h3-7,10,13,17,20H,2,8-9,11-12H2,1H3,(H,18,19). The van der Waals surface area contributed by atoms with Crippen LogP contribution in [0.5, 0.6) is 0 Å². The van der Waals surface area contributed by atoms with Crippen molar-refractivity contribution >= 4 is 0 Å². The SMILES string of the molecule is CCC(CCO)CNCc1cc(-c2ccccc2)n[nH]1. The van der Waals surface area contributed by atoms with Crippen LogP contribution < -0.4 is 5.32 Å². The van der Waals surface area contributed by atoms with Crippen molar-refractivity contribution < 1.29 is 5.11 Å². The molecule has 108 valence electrons. The van der Waals surface area contributed by atoms with Crippen LogP contribution in [-0.2, 0) is 6.54 Å². The van der Waals surface area contributed by atoms with Crippen LogP contribution >= 0.6 is 0 Å². The van der Waals surface area contributed by atoms with Crippen LogP contribution in [0.1, 0.15) is 25.5 Å². The monoisotopic (exact) mass is 273 g/mol. The second kappa shape index (κ2) is 7.82.